The van der Waals surface area contributed by atoms with E-state index in [4.69, 9.17) is 27.4 Å². The van der Waals surface area contributed by atoms with Crippen molar-refractivity contribution in [3.63, 3.8) is 0 Å². The summed E-state index contributed by atoms with van der Waals surface area (Å²) < 4.78 is 17.6. The van der Waals surface area contributed by atoms with Gasteiger partial charge in [-0.25, -0.2) is 0 Å². The van der Waals surface area contributed by atoms with E-state index >= 15 is 0 Å². The van der Waals surface area contributed by atoms with Crippen LogP contribution < -0.4 is 4.52 Å². The average Bonchev–Trinajstić information content (AvgIpc) is 2.40. The minimum atomic E-state index is -3.31. The highest BCUT2D eigenvalue weighted by molar-refractivity contribution is 7.88. The summed E-state index contributed by atoms with van der Waals surface area (Å²) >= 11 is 12.1. The third-order valence-electron chi connectivity index (χ3n) is 3.14. The second-order valence-electron chi connectivity index (χ2n) is 4.62. The molecule has 0 amide bonds. The van der Waals surface area contributed by atoms with E-state index in [2.05, 4.69) is 0 Å². The van der Waals surface area contributed by atoms with Gasteiger partial charge in [-0.1, -0.05) is 41.9 Å². The smallest absolute Gasteiger partial charge is 0.360 e. The topological polar surface area (TPSA) is 26.3 Å². The molecule has 2 aromatic carbocycles. The van der Waals surface area contributed by atoms with E-state index in [-0.39, 0.29) is 0 Å². The molecule has 3 rings (SSSR count). The lowest BCUT2D eigenvalue weighted by atomic mass is 9.97. The van der Waals surface area contributed by atoms with Crippen LogP contribution in [0.5, 0.6) is 5.75 Å². The zero-order valence-corrected chi connectivity index (χ0v) is 13.0. The number of hydrogen-bond donors (Lipinski definition) is 0. The fourth-order valence-corrected chi connectivity index (χ4v) is 3.92. The third kappa shape index (κ3) is 2.52. The van der Waals surface area contributed by atoms with E-state index < -0.39 is 6.72 Å². The lowest BCUT2D eigenvalue weighted by molar-refractivity contribution is 0.504. The Kier molecular flexibility index (Phi) is 3.41. The van der Waals surface area contributed by atoms with Gasteiger partial charge in [0.1, 0.15) is 5.75 Å². The molecule has 0 aromatic heterocycles. The summed E-state index contributed by atoms with van der Waals surface area (Å²) in [6.45, 7) is -1.44. The van der Waals surface area contributed by atoms with E-state index in [0.717, 1.165) is 22.3 Å². The molecule has 0 aliphatic carbocycles. The molecular weight excluding hydrogens is 314 g/mol. The van der Waals surface area contributed by atoms with Crippen LogP contribution in [0.4, 0.5) is 0 Å². The SMILES string of the molecule is Cc1cc2c(cc1Cl)C(c1ccccc1)=CP(=O)(Cl)O2. The minimum Gasteiger partial charge on any atom is -0.429 e. The van der Waals surface area contributed by atoms with Crippen LogP contribution in [-0.4, -0.2) is 0 Å². The van der Waals surface area contributed by atoms with Gasteiger partial charge >= 0.3 is 6.72 Å². The predicted octanol–water partition coefficient (Wildman–Crippen LogP) is 5.86. The van der Waals surface area contributed by atoms with Crippen molar-refractivity contribution in [3.05, 3.63) is 70.0 Å². The molecule has 1 aliphatic heterocycles. The Hall–Kier alpha value is -1.21. The molecule has 0 saturated carbocycles. The van der Waals surface area contributed by atoms with Crippen LogP contribution in [0.3, 0.4) is 0 Å². The molecule has 0 radical (unpaired) electrons. The molecule has 5 heteroatoms. The molecule has 2 aromatic rings. The van der Waals surface area contributed by atoms with E-state index in [9.17, 15) is 4.57 Å². The van der Waals surface area contributed by atoms with Crippen molar-refractivity contribution in [3.8, 4) is 5.75 Å². The first-order valence-electron chi connectivity index (χ1n) is 6.04. The van der Waals surface area contributed by atoms with Gasteiger partial charge in [-0.15, -0.1) is 0 Å². The monoisotopic (exact) mass is 324 g/mol. The quantitative estimate of drug-likeness (QED) is 0.614. The van der Waals surface area contributed by atoms with Gasteiger partial charge in [0.05, 0.1) is 0 Å². The molecule has 0 N–H and O–H groups in total. The highest BCUT2D eigenvalue weighted by Gasteiger charge is 2.29. The Labute approximate surface area is 127 Å². The van der Waals surface area contributed by atoms with E-state index in [0.29, 0.717) is 10.8 Å². The third-order valence-corrected chi connectivity index (χ3v) is 5.06. The Morgan fingerprint density at radius 1 is 1.15 bits per heavy atom. The van der Waals surface area contributed by atoms with Crippen molar-refractivity contribution >= 4 is 35.1 Å². The average molecular weight is 325 g/mol. The van der Waals surface area contributed by atoms with Crippen molar-refractivity contribution in [1.29, 1.82) is 0 Å². The van der Waals surface area contributed by atoms with Crippen LogP contribution in [0.1, 0.15) is 16.7 Å². The Morgan fingerprint density at radius 2 is 1.85 bits per heavy atom. The predicted molar refractivity (Wildman–Crippen MR) is 83.8 cm³/mol. The van der Waals surface area contributed by atoms with Gasteiger partial charge in [0.2, 0.25) is 0 Å². The van der Waals surface area contributed by atoms with Gasteiger partial charge in [-0.05, 0) is 41.4 Å². The number of benzene rings is 2. The zero-order chi connectivity index (χ0) is 14.3. The van der Waals surface area contributed by atoms with Gasteiger partial charge in [0, 0.05) is 22.0 Å². The summed E-state index contributed by atoms with van der Waals surface area (Å²) in [5.74, 6) is 1.99. The maximum absolute atomic E-state index is 12.2. The standard InChI is InChI=1S/C15H11Cl2O2P/c1-10-7-15-12(8-14(10)16)13(9-20(17,18)19-15)11-5-3-2-4-6-11/h2-9H,1H3. The van der Waals surface area contributed by atoms with E-state index in [1.165, 1.54) is 5.82 Å². The summed E-state index contributed by atoms with van der Waals surface area (Å²) in [5, 5.41) is 0.639. The zero-order valence-electron chi connectivity index (χ0n) is 10.6. The second kappa shape index (κ2) is 4.96. The first-order chi connectivity index (χ1) is 9.46. The van der Waals surface area contributed by atoms with Crippen LogP contribution >= 0.6 is 29.6 Å². The molecule has 0 spiro atoms. The highest BCUT2D eigenvalue weighted by Crippen LogP contribution is 2.60. The molecule has 1 heterocycles. The van der Waals surface area contributed by atoms with Crippen LogP contribution in [0, 0.1) is 6.92 Å². The second-order valence-corrected chi connectivity index (χ2v) is 7.92. The molecule has 1 unspecified atom stereocenters. The largest absolute Gasteiger partial charge is 0.429 e. The van der Waals surface area contributed by atoms with Crippen LogP contribution in [0.2, 0.25) is 5.02 Å². The number of rotatable bonds is 1. The maximum Gasteiger partial charge on any atom is 0.360 e. The molecular formula is C15H11Cl2O2P. The van der Waals surface area contributed by atoms with Gasteiger partial charge < -0.3 is 4.52 Å². The van der Waals surface area contributed by atoms with Crippen LogP contribution in [0.15, 0.2) is 48.3 Å². The minimum absolute atomic E-state index is 0.506. The van der Waals surface area contributed by atoms with Crippen molar-refractivity contribution in [1.82, 2.24) is 0 Å². The first-order valence-corrected chi connectivity index (χ1v) is 9.02. The highest BCUT2D eigenvalue weighted by atomic mass is 35.7. The van der Waals surface area contributed by atoms with Gasteiger partial charge in [-0.2, -0.15) is 0 Å². The normalized spacial score (nSPS) is 20.9. The molecule has 2 nitrogen and oxygen atoms in total. The van der Waals surface area contributed by atoms with Crippen molar-refractivity contribution in [2.75, 3.05) is 0 Å². The van der Waals surface area contributed by atoms with Crippen molar-refractivity contribution in [2.24, 2.45) is 0 Å². The number of halogens is 2. The lowest BCUT2D eigenvalue weighted by Crippen LogP contribution is -2.00. The van der Waals surface area contributed by atoms with Gasteiger partial charge in [0.25, 0.3) is 0 Å². The lowest BCUT2D eigenvalue weighted by Gasteiger charge is -2.23. The Morgan fingerprint density at radius 3 is 2.55 bits per heavy atom. The van der Waals surface area contributed by atoms with Gasteiger partial charge in [-0.3, -0.25) is 4.57 Å². The molecule has 0 bridgehead atoms. The first kappa shape index (κ1) is 13.8. The molecule has 1 atom stereocenters. The molecule has 102 valence electrons. The molecule has 0 saturated heterocycles. The van der Waals surface area contributed by atoms with Gasteiger partial charge in [0.15, 0.2) is 0 Å². The van der Waals surface area contributed by atoms with Crippen molar-refractivity contribution < 1.29 is 9.09 Å². The number of aryl methyl sites for hydroxylation is 1. The van der Waals surface area contributed by atoms with Crippen molar-refractivity contribution in [2.45, 2.75) is 6.92 Å². The molecule has 0 fully saturated rings. The van der Waals surface area contributed by atoms with Crippen LogP contribution in [-0.2, 0) is 4.57 Å². The molecule has 1 aliphatic rings. The summed E-state index contributed by atoms with van der Waals surface area (Å²) in [4.78, 5) is 0. The summed E-state index contributed by atoms with van der Waals surface area (Å²) in [6.07, 6.45) is 0. The Bertz CT molecular complexity index is 754. The maximum atomic E-state index is 12.2. The summed E-state index contributed by atoms with van der Waals surface area (Å²) in [6, 6.07) is 13.2. The summed E-state index contributed by atoms with van der Waals surface area (Å²) in [5.41, 5.74) is 3.38. The fourth-order valence-electron chi connectivity index (χ4n) is 2.17. The number of fused-ring (bicyclic) bond motifs is 1. The Balaban J connectivity index is 2.26. The summed E-state index contributed by atoms with van der Waals surface area (Å²) in [7, 11) is 0. The number of hydrogen-bond acceptors (Lipinski definition) is 2. The fraction of sp³-hybridized carbons (Fsp3) is 0.0667. The van der Waals surface area contributed by atoms with E-state index in [1.54, 1.807) is 6.07 Å². The van der Waals surface area contributed by atoms with E-state index in [1.807, 2.05) is 43.3 Å². The van der Waals surface area contributed by atoms with Crippen LogP contribution in [0.25, 0.3) is 5.57 Å². The molecule has 20 heavy (non-hydrogen) atoms.